The molecule has 0 aliphatic rings. The average Bonchev–Trinajstić information content (AvgIpc) is 2.91. The Hall–Kier alpha value is -2.44. The Morgan fingerprint density at radius 2 is 2.18 bits per heavy atom. The number of carbonyl (C=O) groups is 1. The maximum absolute atomic E-state index is 13.7. The van der Waals surface area contributed by atoms with Crippen LogP contribution in [0.25, 0.3) is 0 Å². The second-order valence-corrected chi connectivity index (χ2v) is 4.76. The van der Waals surface area contributed by atoms with Crippen molar-refractivity contribution in [1.29, 1.82) is 0 Å². The Morgan fingerprint density at radius 1 is 1.41 bits per heavy atom. The molecule has 118 valence electrons. The summed E-state index contributed by atoms with van der Waals surface area (Å²) in [5.41, 5.74) is 0.105. The van der Waals surface area contributed by atoms with Gasteiger partial charge in [0.15, 0.2) is 6.61 Å². The number of aryl methyl sites for hydroxylation is 1. The Kier molecular flexibility index (Phi) is 5.08. The minimum atomic E-state index is -0.633. The summed E-state index contributed by atoms with van der Waals surface area (Å²) in [6.07, 6.45) is 0.412. The van der Waals surface area contributed by atoms with Gasteiger partial charge in [0.2, 0.25) is 0 Å². The standard InChI is InChI=1S/C15H16F2N2O3/c1-3-13(11-7-10(16)4-5-12(11)17)18-14(20)8-21-15-6-9(2)22-19-15/h4-7,13H,3,8H2,1-2H3,(H,18,20)/t13-/m0/s1. The van der Waals surface area contributed by atoms with Crippen LogP contribution in [-0.4, -0.2) is 17.7 Å². The summed E-state index contributed by atoms with van der Waals surface area (Å²) in [5, 5.41) is 6.18. The number of rotatable bonds is 6. The van der Waals surface area contributed by atoms with Gasteiger partial charge in [0.25, 0.3) is 11.8 Å². The maximum Gasteiger partial charge on any atom is 0.258 e. The largest absolute Gasteiger partial charge is 0.465 e. The molecular weight excluding hydrogens is 294 g/mol. The van der Waals surface area contributed by atoms with Crippen LogP contribution in [0.1, 0.15) is 30.7 Å². The van der Waals surface area contributed by atoms with Crippen molar-refractivity contribution in [2.24, 2.45) is 0 Å². The monoisotopic (exact) mass is 310 g/mol. The summed E-state index contributed by atoms with van der Waals surface area (Å²) >= 11 is 0. The molecule has 1 atom stereocenters. The van der Waals surface area contributed by atoms with Crippen LogP contribution in [0.2, 0.25) is 0 Å². The Morgan fingerprint density at radius 3 is 2.82 bits per heavy atom. The van der Waals surface area contributed by atoms with Gasteiger partial charge in [-0.2, -0.15) is 0 Å². The Bertz CT molecular complexity index is 658. The van der Waals surface area contributed by atoms with Crippen molar-refractivity contribution in [3.63, 3.8) is 0 Å². The van der Waals surface area contributed by atoms with Gasteiger partial charge in [0, 0.05) is 11.6 Å². The molecule has 0 bridgehead atoms. The minimum absolute atomic E-state index is 0.105. The first kappa shape index (κ1) is 15.9. The van der Waals surface area contributed by atoms with Gasteiger partial charge in [-0.15, -0.1) is 0 Å². The van der Waals surface area contributed by atoms with Gasteiger partial charge < -0.3 is 14.6 Å². The fourth-order valence-corrected chi connectivity index (χ4v) is 1.97. The van der Waals surface area contributed by atoms with E-state index in [0.717, 1.165) is 18.2 Å². The molecule has 1 heterocycles. The lowest BCUT2D eigenvalue weighted by Crippen LogP contribution is -2.33. The number of ether oxygens (including phenoxy) is 1. The molecule has 0 radical (unpaired) electrons. The third-order valence-corrected chi connectivity index (χ3v) is 3.03. The van der Waals surface area contributed by atoms with E-state index in [2.05, 4.69) is 10.5 Å². The molecule has 0 aliphatic carbocycles. The Balaban J connectivity index is 1.97. The number of benzene rings is 1. The van der Waals surface area contributed by atoms with Crippen molar-refractivity contribution >= 4 is 5.91 Å². The number of hydrogen-bond donors (Lipinski definition) is 1. The van der Waals surface area contributed by atoms with Crippen molar-refractivity contribution in [3.8, 4) is 5.88 Å². The van der Waals surface area contributed by atoms with Crippen LogP contribution in [0.3, 0.4) is 0 Å². The lowest BCUT2D eigenvalue weighted by Gasteiger charge is -2.18. The van der Waals surface area contributed by atoms with Crippen LogP contribution in [0.15, 0.2) is 28.8 Å². The normalized spacial score (nSPS) is 12.0. The number of aromatic nitrogens is 1. The van der Waals surface area contributed by atoms with E-state index < -0.39 is 23.6 Å². The molecule has 0 aliphatic heterocycles. The van der Waals surface area contributed by atoms with E-state index >= 15 is 0 Å². The number of hydrogen-bond acceptors (Lipinski definition) is 4. The molecule has 1 aromatic heterocycles. The van der Waals surface area contributed by atoms with Crippen molar-refractivity contribution < 1.29 is 22.8 Å². The lowest BCUT2D eigenvalue weighted by atomic mass is 10.0. The van der Waals surface area contributed by atoms with Crippen LogP contribution in [0.4, 0.5) is 8.78 Å². The summed E-state index contributed by atoms with van der Waals surface area (Å²) in [6.45, 7) is 3.16. The SMILES string of the molecule is CC[C@H](NC(=O)COc1cc(C)on1)c1cc(F)ccc1F. The predicted octanol–water partition coefficient (Wildman–Crippen LogP) is 2.91. The van der Waals surface area contributed by atoms with E-state index in [4.69, 9.17) is 9.26 Å². The smallest absolute Gasteiger partial charge is 0.258 e. The topological polar surface area (TPSA) is 64.4 Å². The fraction of sp³-hybridized carbons (Fsp3) is 0.333. The maximum atomic E-state index is 13.7. The number of amides is 1. The van der Waals surface area contributed by atoms with Gasteiger partial charge in [-0.25, -0.2) is 8.78 Å². The lowest BCUT2D eigenvalue weighted by molar-refractivity contribution is -0.124. The fourth-order valence-electron chi connectivity index (χ4n) is 1.97. The second kappa shape index (κ2) is 7.02. The molecule has 5 nitrogen and oxygen atoms in total. The first-order chi connectivity index (χ1) is 10.5. The molecule has 0 saturated heterocycles. The van der Waals surface area contributed by atoms with E-state index in [0.29, 0.717) is 12.2 Å². The van der Waals surface area contributed by atoms with Gasteiger partial charge >= 0.3 is 0 Å². The number of halogens is 2. The van der Waals surface area contributed by atoms with Gasteiger partial charge in [0.1, 0.15) is 17.4 Å². The molecular formula is C15H16F2N2O3. The molecule has 7 heteroatoms. The quantitative estimate of drug-likeness (QED) is 0.891. The summed E-state index contributed by atoms with van der Waals surface area (Å²) in [7, 11) is 0. The zero-order valence-electron chi connectivity index (χ0n) is 12.2. The van der Waals surface area contributed by atoms with Gasteiger partial charge in [-0.05, 0) is 36.7 Å². The van der Waals surface area contributed by atoms with E-state index in [1.165, 1.54) is 6.07 Å². The van der Waals surface area contributed by atoms with Crippen LogP contribution >= 0.6 is 0 Å². The number of nitrogens with one attached hydrogen (secondary N) is 1. The third kappa shape index (κ3) is 4.03. The van der Waals surface area contributed by atoms with Crippen LogP contribution in [0, 0.1) is 18.6 Å². The first-order valence-electron chi connectivity index (χ1n) is 6.80. The van der Waals surface area contributed by atoms with Crippen molar-refractivity contribution in [1.82, 2.24) is 10.5 Å². The summed E-state index contributed by atoms with van der Waals surface area (Å²) in [4.78, 5) is 11.9. The van der Waals surface area contributed by atoms with Crippen LogP contribution < -0.4 is 10.1 Å². The van der Waals surface area contributed by atoms with Crippen molar-refractivity contribution in [2.45, 2.75) is 26.3 Å². The minimum Gasteiger partial charge on any atom is -0.465 e. The van der Waals surface area contributed by atoms with Gasteiger partial charge in [-0.3, -0.25) is 4.79 Å². The number of carbonyl (C=O) groups excluding carboxylic acids is 1. The Labute approximate surface area is 126 Å². The molecule has 0 fully saturated rings. The van der Waals surface area contributed by atoms with E-state index in [-0.39, 0.29) is 18.1 Å². The van der Waals surface area contributed by atoms with Crippen molar-refractivity contribution in [3.05, 3.63) is 47.2 Å². The first-order valence-corrected chi connectivity index (χ1v) is 6.80. The number of nitrogens with zero attached hydrogens (tertiary/aromatic N) is 1. The molecule has 22 heavy (non-hydrogen) atoms. The second-order valence-electron chi connectivity index (χ2n) is 4.76. The van der Waals surface area contributed by atoms with E-state index in [1.807, 2.05) is 0 Å². The molecule has 2 rings (SSSR count). The van der Waals surface area contributed by atoms with E-state index in [9.17, 15) is 13.6 Å². The highest BCUT2D eigenvalue weighted by Gasteiger charge is 2.18. The van der Waals surface area contributed by atoms with Gasteiger partial charge in [0.05, 0.1) is 6.04 Å². The van der Waals surface area contributed by atoms with Crippen LogP contribution in [0.5, 0.6) is 5.88 Å². The molecule has 1 amide bonds. The van der Waals surface area contributed by atoms with Crippen LogP contribution in [-0.2, 0) is 4.79 Å². The third-order valence-electron chi connectivity index (χ3n) is 3.03. The zero-order valence-corrected chi connectivity index (χ0v) is 12.2. The molecule has 0 unspecified atom stereocenters. The molecule has 0 spiro atoms. The molecule has 1 aromatic carbocycles. The molecule has 0 saturated carbocycles. The average molecular weight is 310 g/mol. The van der Waals surface area contributed by atoms with Gasteiger partial charge in [-0.1, -0.05) is 6.92 Å². The highest BCUT2D eigenvalue weighted by molar-refractivity contribution is 5.78. The highest BCUT2D eigenvalue weighted by Crippen LogP contribution is 2.21. The summed E-state index contributed by atoms with van der Waals surface area (Å²) in [5.74, 6) is -0.836. The summed E-state index contributed by atoms with van der Waals surface area (Å²) in [6, 6.07) is 4.05. The molecule has 1 N–H and O–H groups in total. The van der Waals surface area contributed by atoms with E-state index in [1.54, 1.807) is 13.8 Å². The van der Waals surface area contributed by atoms with Crippen molar-refractivity contribution in [2.75, 3.05) is 6.61 Å². The zero-order chi connectivity index (χ0) is 16.1. The summed E-state index contributed by atoms with van der Waals surface area (Å²) < 4.78 is 36.9. The molecule has 2 aromatic rings. The highest BCUT2D eigenvalue weighted by atomic mass is 19.1. The predicted molar refractivity (Wildman–Crippen MR) is 74.3 cm³/mol.